The highest BCUT2D eigenvalue weighted by Crippen LogP contribution is 2.41. The summed E-state index contributed by atoms with van der Waals surface area (Å²) in [4.78, 5) is 17.4. The molecule has 1 heterocycles. The summed E-state index contributed by atoms with van der Waals surface area (Å²) < 4.78 is 10.1. The van der Waals surface area contributed by atoms with Crippen LogP contribution in [0.5, 0.6) is 0 Å². The minimum absolute atomic E-state index is 0.0877. The van der Waals surface area contributed by atoms with E-state index in [0.717, 1.165) is 54.8 Å². The third kappa shape index (κ3) is 8.05. The van der Waals surface area contributed by atoms with E-state index in [0.29, 0.717) is 39.2 Å². The number of nitrogens with zero attached hydrogens (tertiary/aromatic N) is 2. The van der Waals surface area contributed by atoms with Gasteiger partial charge in [0.1, 0.15) is 0 Å². The molecule has 0 bridgehead atoms. The monoisotopic (exact) mass is 809 g/mol. The van der Waals surface area contributed by atoms with E-state index in [4.69, 9.17) is 37.7 Å². The molecule has 1 aromatic heterocycles. The zero-order valence-electron chi connectivity index (χ0n) is 32.3. The molecular weight excluding hydrogens is 773 g/mol. The summed E-state index contributed by atoms with van der Waals surface area (Å²) in [6.45, 7) is 4.09. The van der Waals surface area contributed by atoms with E-state index < -0.39 is 5.97 Å². The number of anilines is 2. The van der Waals surface area contributed by atoms with Crippen molar-refractivity contribution in [3.05, 3.63) is 184 Å². The lowest BCUT2D eigenvalue weighted by atomic mass is 9.91. The molecule has 6 nitrogen and oxygen atoms in total. The Balaban J connectivity index is 0.000000183. The first kappa shape index (κ1) is 39.1. The van der Waals surface area contributed by atoms with Crippen molar-refractivity contribution < 1.29 is 14.3 Å². The highest BCUT2D eigenvalue weighted by atomic mass is 35.5. The van der Waals surface area contributed by atoms with E-state index >= 15 is 0 Å². The Bertz CT molecular complexity index is 2970. The van der Waals surface area contributed by atoms with Crippen molar-refractivity contribution in [2.75, 3.05) is 18.7 Å². The number of aromatic nitrogens is 1. The topological polar surface area (TPSA) is 84.2 Å². The van der Waals surface area contributed by atoms with Gasteiger partial charge in [0.2, 0.25) is 0 Å². The Morgan fingerprint density at radius 2 is 1.31 bits per heavy atom. The number of nitrogens with one attached hydrogen (secondary N) is 1. The van der Waals surface area contributed by atoms with Crippen LogP contribution in [-0.4, -0.2) is 24.4 Å². The molecule has 0 aliphatic heterocycles. The number of hydrogen-bond donors (Lipinski definition) is 1. The number of carbonyl (C=O) groups excluding carboxylic acids is 1. The number of halogens is 2. The van der Waals surface area contributed by atoms with Gasteiger partial charge in [-0.1, -0.05) is 151 Å². The molecule has 9 rings (SSSR count). The summed E-state index contributed by atoms with van der Waals surface area (Å²) in [6.07, 6.45) is 0. The molecule has 0 saturated carbocycles. The summed E-state index contributed by atoms with van der Waals surface area (Å²) in [7, 11) is 0. The number of carbonyl (C=O) groups is 1. The number of fused-ring (bicyclic) bond motifs is 6. The maximum atomic E-state index is 12.2. The van der Waals surface area contributed by atoms with E-state index in [9.17, 15) is 10.1 Å². The lowest BCUT2D eigenvalue weighted by Crippen LogP contribution is -2.11. The summed E-state index contributed by atoms with van der Waals surface area (Å²) in [5, 5.41) is 20.4. The first-order chi connectivity index (χ1) is 28.8. The van der Waals surface area contributed by atoms with Gasteiger partial charge in [-0.3, -0.25) is 0 Å². The van der Waals surface area contributed by atoms with Crippen LogP contribution in [0.4, 0.5) is 11.4 Å². The number of benzene rings is 8. The smallest absolute Gasteiger partial charge is 0.342 e. The average Bonchev–Trinajstić information content (AvgIpc) is 3.28. The molecule has 8 heteroatoms. The van der Waals surface area contributed by atoms with Crippen LogP contribution in [0.1, 0.15) is 28.4 Å². The summed E-state index contributed by atoms with van der Waals surface area (Å²) >= 11 is 12.5. The third-order valence-corrected chi connectivity index (χ3v) is 11.0. The predicted octanol–water partition coefficient (Wildman–Crippen LogP) is 14.1. The molecule has 0 saturated heterocycles. The SMILES string of the molecule is CCOCOC(=O)c1ccccc1Nc1c(Cl)ccc(C)c1Cl.N#Cc1cccc(-c2ccc(-c3c4ccc5ccccc5c4nc4c3ccc3ccccc34)cc2)c1. The molecule has 0 unspecified atom stereocenters. The molecule has 59 heavy (non-hydrogen) atoms. The quantitative estimate of drug-likeness (QED) is 0.0541. The van der Waals surface area contributed by atoms with Crippen molar-refractivity contribution >= 4 is 83.9 Å². The van der Waals surface area contributed by atoms with Gasteiger partial charge in [-0.2, -0.15) is 5.26 Å². The first-order valence-electron chi connectivity index (χ1n) is 19.1. The number of nitriles is 1. The van der Waals surface area contributed by atoms with Crippen LogP contribution in [0.25, 0.3) is 65.6 Å². The van der Waals surface area contributed by atoms with Gasteiger partial charge in [0.15, 0.2) is 6.79 Å². The Labute approximate surface area is 352 Å². The third-order valence-electron chi connectivity index (χ3n) is 10.2. The van der Waals surface area contributed by atoms with Crippen LogP contribution in [0.3, 0.4) is 0 Å². The van der Waals surface area contributed by atoms with Crippen molar-refractivity contribution in [1.82, 2.24) is 4.98 Å². The van der Waals surface area contributed by atoms with Gasteiger partial charge in [-0.15, -0.1) is 0 Å². The Morgan fingerprint density at radius 1 is 0.678 bits per heavy atom. The standard InChI is InChI=1S/C34H20N2.C17H17Cl2NO3/c35-21-22-6-5-9-27(20-22)23-12-14-26(15-13-23)32-30-18-16-24-7-1-3-10-28(24)33(30)36-34-29-11-4-2-8-25(29)17-19-31(32)34;1-3-22-10-23-17(21)12-6-4-5-7-14(12)20-16-13(18)9-8-11(2)15(16)19/h1-20H;4-9,20H,3,10H2,1-2H3. The van der Waals surface area contributed by atoms with E-state index in [1.807, 2.05) is 44.2 Å². The molecule has 0 fully saturated rings. The zero-order chi connectivity index (χ0) is 40.9. The van der Waals surface area contributed by atoms with Crippen molar-refractivity contribution in [3.63, 3.8) is 0 Å². The fourth-order valence-electron chi connectivity index (χ4n) is 7.25. The fraction of sp³-hybridized carbons (Fsp3) is 0.0784. The van der Waals surface area contributed by atoms with Crippen LogP contribution >= 0.6 is 23.2 Å². The molecule has 0 atom stereocenters. The molecule has 9 aromatic rings. The lowest BCUT2D eigenvalue weighted by molar-refractivity contribution is -0.0273. The molecule has 0 spiro atoms. The van der Waals surface area contributed by atoms with Crippen LogP contribution in [0.2, 0.25) is 10.0 Å². The second kappa shape index (κ2) is 17.4. The second-order valence-corrected chi connectivity index (χ2v) is 14.7. The van der Waals surface area contributed by atoms with Gasteiger partial charge >= 0.3 is 5.97 Å². The van der Waals surface area contributed by atoms with Gasteiger partial charge in [-0.25, -0.2) is 9.78 Å². The Hall–Kier alpha value is -6.75. The minimum Gasteiger partial charge on any atom is -0.435 e. The number of rotatable bonds is 8. The molecule has 0 radical (unpaired) electrons. The van der Waals surface area contributed by atoms with Gasteiger partial charge in [0, 0.05) is 33.7 Å². The van der Waals surface area contributed by atoms with Crippen molar-refractivity contribution in [2.45, 2.75) is 13.8 Å². The van der Waals surface area contributed by atoms with E-state index in [-0.39, 0.29) is 6.79 Å². The fourth-order valence-corrected chi connectivity index (χ4v) is 7.72. The van der Waals surface area contributed by atoms with Crippen molar-refractivity contribution in [3.8, 4) is 28.3 Å². The van der Waals surface area contributed by atoms with E-state index in [1.165, 1.54) is 16.3 Å². The first-order valence-corrected chi connectivity index (χ1v) is 19.9. The Kier molecular flexibility index (Phi) is 11.5. The summed E-state index contributed by atoms with van der Waals surface area (Å²) in [6, 6.07) is 54.9. The number of hydrogen-bond acceptors (Lipinski definition) is 6. The van der Waals surface area contributed by atoms with E-state index in [2.05, 4.69) is 108 Å². The van der Waals surface area contributed by atoms with Crippen LogP contribution in [0, 0.1) is 18.3 Å². The lowest BCUT2D eigenvalue weighted by Gasteiger charge is -2.15. The van der Waals surface area contributed by atoms with E-state index in [1.54, 1.807) is 30.3 Å². The highest BCUT2D eigenvalue weighted by Gasteiger charge is 2.17. The largest absolute Gasteiger partial charge is 0.435 e. The Morgan fingerprint density at radius 3 is 1.97 bits per heavy atom. The molecule has 8 aromatic carbocycles. The van der Waals surface area contributed by atoms with Crippen molar-refractivity contribution in [2.24, 2.45) is 0 Å². The summed E-state index contributed by atoms with van der Waals surface area (Å²) in [5.74, 6) is -0.485. The predicted molar refractivity (Wildman–Crippen MR) is 243 cm³/mol. The van der Waals surface area contributed by atoms with Gasteiger partial charge in [0.25, 0.3) is 0 Å². The van der Waals surface area contributed by atoms with Gasteiger partial charge in [0.05, 0.1) is 49.6 Å². The number of esters is 1. The summed E-state index contributed by atoms with van der Waals surface area (Å²) in [5.41, 5.74) is 9.58. The number of pyridine rings is 1. The van der Waals surface area contributed by atoms with Gasteiger partial charge in [-0.05, 0) is 77.2 Å². The minimum atomic E-state index is -0.485. The molecule has 0 amide bonds. The number of para-hydroxylation sites is 1. The molecule has 288 valence electrons. The maximum Gasteiger partial charge on any atom is 0.342 e. The second-order valence-electron chi connectivity index (χ2n) is 13.9. The molecule has 0 aliphatic rings. The van der Waals surface area contributed by atoms with Crippen LogP contribution < -0.4 is 5.32 Å². The zero-order valence-corrected chi connectivity index (χ0v) is 33.8. The van der Waals surface area contributed by atoms with Crippen LogP contribution in [-0.2, 0) is 9.47 Å². The van der Waals surface area contributed by atoms with Gasteiger partial charge < -0.3 is 14.8 Å². The normalized spacial score (nSPS) is 11.0. The van der Waals surface area contributed by atoms with Crippen LogP contribution in [0.15, 0.2) is 158 Å². The average molecular weight is 811 g/mol. The highest BCUT2D eigenvalue weighted by molar-refractivity contribution is 6.39. The number of aryl methyl sites for hydroxylation is 1. The molecule has 1 N–H and O–H groups in total. The van der Waals surface area contributed by atoms with Crippen molar-refractivity contribution in [1.29, 1.82) is 5.26 Å². The molecular formula is C51H37Cl2N3O3. The maximum absolute atomic E-state index is 12.2. The number of ether oxygens (including phenoxy) is 2. The molecule has 0 aliphatic carbocycles.